The van der Waals surface area contributed by atoms with Crippen molar-refractivity contribution >= 4 is 10.2 Å². The quantitative estimate of drug-likeness (QED) is 0.773. The number of nitrogens with two attached hydrogens (primary N) is 1. The highest BCUT2D eigenvalue weighted by Crippen LogP contribution is 2.21. The van der Waals surface area contributed by atoms with Crippen LogP contribution in [-0.4, -0.2) is 62.4 Å². The lowest BCUT2D eigenvalue weighted by Crippen LogP contribution is -2.55. The van der Waals surface area contributed by atoms with Crippen LogP contribution in [-0.2, 0) is 10.2 Å². The Morgan fingerprint density at radius 3 is 2.65 bits per heavy atom. The van der Waals surface area contributed by atoms with Crippen LogP contribution in [0, 0.1) is 0 Å². The average molecular weight is 304 g/mol. The van der Waals surface area contributed by atoms with Gasteiger partial charge >= 0.3 is 0 Å². The summed E-state index contributed by atoms with van der Waals surface area (Å²) < 4.78 is 29.6. The summed E-state index contributed by atoms with van der Waals surface area (Å²) in [6.07, 6.45) is 4.62. The first kappa shape index (κ1) is 16.2. The molecule has 6 nitrogen and oxygen atoms in total. The third kappa shape index (κ3) is 3.71. The summed E-state index contributed by atoms with van der Waals surface area (Å²) in [7, 11) is -1.31. The molecule has 2 aliphatic rings. The second-order valence-electron chi connectivity index (χ2n) is 6.17. The maximum absolute atomic E-state index is 12.6. The molecule has 0 saturated carbocycles. The lowest BCUT2D eigenvalue weighted by molar-refractivity contribution is 0.175. The van der Waals surface area contributed by atoms with Gasteiger partial charge in [-0.25, -0.2) is 0 Å². The summed E-state index contributed by atoms with van der Waals surface area (Å²) in [5, 5.41) is 0. The smallest absolute Gasteiger partial charge is 0.279 e. The van der Waals surface area contributed by atoms with E-state index in [2.05, 4.69) is 23.6 Å². The van der Waals surface area contributed by atoms with Gasteiger partial charge in [0.05, 0.1) is 0 Å². The molecule has 0 aliphatic carbocycles. The van der Waals surface area contributed by atoms with Crippen LogP contribution < -0.4 is 10.5 Å². The Balaban J connectivity index is 1.99. The predicted octanol–water partition coefficient (Wildman–Crippen LogP) is 0.117. The van der Waals surface area contributed by atoms with Crippen molar-refractivity contribution in [2.45, 2.75) is 57.2 Å². The van der Waals surface area contributed by atoms with Crippen LogP contribution in [0.4, 0.5) is 0 Å². The Kier molecular flexibility index (Phi) is 5.42. The van der Waals surface area contributed by atoms with Gasteiger partial charge in [0.1, 0.15) is 0 Å². The number of rotatable bonds is 4. The molecule has 2 saturated heterocycles. The summed E-state index contributed by atoms with van der Waals surface area (Å²) in [5.41, 5.74) is 5.72. The molecule has 3 atom stereocenters. The predicted molar refractivity (Wildman–Crippen MR) is 80.6 cm³/mol. The van der Waals surface area contributed by atoms with Crippen molar-refractivity contribution in [3.63, 3.8) is 0 Å². The fraction of sp³-hybridized carbons (Fsp3) is 1.00. The molecule has 0 aromatic carbocycles. The van der Waals surface area contributed by atoms with Crippen molar-refractivity contribution in [2.75, 3.05) is 26.7 Å². The summed E-state index contributed by atoms with van der Waals surface area (Å²) in [6.45, 7) is 4.09. The SMILES string of the molecule is CC1CC(NS(=O)(=O)N2CCCCC2CN)CCN1C. The van der Waals surface area contributed by atoms with E-state index in [-0.39, 0.29) is 12.1 Å². The molecule has 118 valence electrons. The third-order valence-electron chi connectivity index (χ3n) is 4.68. The molecule has 3 N–H and O–H groups in total. The number of hydrogen-bond acceptors (Lipinski definition) is 4. The van der Waals surface area contributed by atoms with Crippen LogP contribution >= 0.6 is 0 Å². The van der Waals surface area contributed by atoms with Gasteiger partial charge in [0.15, 0.2) is 0 Å². The monoisotopic (exact) mass is 304 g/mol. The summed E-state index contributed by atoms with van der Waals surface area (Å²) >= 11 is 0. The third-order valence-corrected chi connectivity index (χ3v) is 6.41. The van der Waals surface area contributed by atoms with Crippen molar-refractivity contribution in [3.8, 4) is 0 Å². The van der Waals surface area contributed by atoms with Gasteiger partial charge in [-0.1, -0.05) is 6.42 Å². The molecule has 2 aliphatic heterocycles. The van der Waals surface area contributed by atoms with Crippen LogP contribution in [0.2, 0.25) is 0 Å². The molecule has 20 heavy (non-hydrogen) atoms. The first-order valence-corrected chi connectivity index (χ1v) is 9.07. The van der Waals surface area contributed by atoms with E-state index in [0.29, 0.717) is 19.1 Å². The van der Waals surface area contributed by atoms with Gasteiger partial charge in [-0.05, 0) is 46.2 Å². The first-order chi connectivity index (χ1) is 9.44. The van der Waals surface area contributed by atoms with E-state index in [1.807, 2.05) is 0 Å². The minimum atomic E-state index is -3.40. The highest BCUT2D eigenvalue weighted by Gasteiger charge is 2.34. The minimum absolute atomic E-state index is 0.0371. The molecular formula is C13H28N4O2S. The zero-order valence-electron chi connectivity index (χ0n) is 12.6. The van der Waals surface area contributed by atoms with Crippen molar-refractivity contribution < 1.29 is 8.42 Å². The van der Waals surface area contributed by atoms with Crippen molar-refractivity contribution in [2.24, 2.45) is 5.73 Å². The normalized spacial score (nSPS) is 34.2. The van der Waals surface area contributed by atoms with Crippen molar-refractivity contribution in [1.29, 1.82) is 0 Å². The highest BCUT2D eigenvalue weighted by atomic mass is 32.2. The van der Waals surface area contributed by atoms with Gasteiger partial charge in [0.2, 0.25) is 0 Å². The molecule has 2 fully saturated rings. The van der Waals surface area contributed by atoms with Crippen LogP contribution in [0.15, 0.2) is 0 Å². The van der Waals surface area contributed by atoms with Crippen LogP contribution in [0.1, 0.15) is 39.0 Å². The topological polar surface area (TPSA) is 78.7 Å². The maximum atomic E-state index is 12.6. The molecule has 0 spiro atoms. The van der Waals surface area contributed by atoms with Gasteiger partial charge in [-0.2, -0.15) is 17.4 Å². The lowest BCUT2D eigenvalue weighted by atomic mass is 10.0. The second-order valence-corrected chi connectivity index (χ2v) is 7.82. The van der Waals surface area contributed by atoms with Crippen LogP contribution in [0.25, 0.3) is 0 Å². The number of nitrogens with zero attached hydrogens (tertiary/aromatic N) is 2. The number of piperidine rings is 2. The minimum Gasteiger partial charge on any atom is -0.329 e. The largest absolute Gasteiger partial charge is 0.329 e. The maximum Gasteiger partial charge on any atom is 0.279 e. The van der Waals surface area contributed by atoms with E-state index in [1.54, 1.807) is 4.31 Å². The first-order valence-electron chi connectivity index (χ1n) is 7.63. The number of nitrogens with one attached hydrogen (secondary N) is 1. The Morgan fingerprint density at radius 1 is 1.25 bits per heavy atom. The number of likely N-dealkylation sites (tertiary alicyclic amines) is 1. The van der Waals surface area contributed by atoms with Crippen LogP contribution in [0.3, 0.4) is 0 Å². The molecule has 0 bridgehead atoms. The lowest BCUT2D eigenvalue weighted by Gasteiger charge is -2.38. The number of hydrogen-bond donors (Lipinski definition) is 2. The molecule has 0 radical (unpaired) electrons. The second kappa shape index (κ2) is 6.70. The van der Waals surface area contributed by atoms with E-state index < -0.39 is 10.2 Å². The molecule has 3 unspecified atom stereocenters. The van der Waals surface area contributed by atoms with E-state index in [9.17, 15) is 8.42 Å². The molecule has 0 aromatic rings. The van der Waals surface area contributed by atoms with Gasteiger partial charge in [0.25, 0.3) is 10.2 Å². The van der Waals surface area contributed by atoms with E-state index in [1.165, 1.54) is 0 Å². The summed E-state index contributed by atoms with van der Waals surface area (Å²) in [5.74, 6) is 0. The molecule has 0 aromatic heterocycles. The van der Waals surface area contributed by atoms with E-state index in [0.717, 1.165) is 38.6 Å². The Morgan fingerprint density at radius 2 is 2.00 bits per heavy atom. The molecule has 2 heterocycles. The fourth-order valence-corrected chi connectivity index (χ4v) is 4.92. The summed E-state index contributed by atoms with van der Waals surface area (Å²) in [4.78, 5) is 2.27. The van der Waals surface area contributed by atoms with Crippen LogP contribution in [0.5, 0.6) is 0 Å². The molecule has 2 rings (SSSR count). The zero-order valence-corrected chi connectivity index (χ0v) is 13.4. The molecule has 7 heteroatoms. The van der Waals surface area contributed by atoms with Gasteiger partial charge in [0, 0.05) is 31.2 Å². The highest BCUT2D eigenvalue weighted by molar-refractivity contribution is 7.87. The van der Waals surface area contributed by atoms with Gasteiger partial charge in [-0.3, -0.25) is 0 Å². The molecule has 0 amide bonds. The molecular weight excluding hydrogens is 276 g/mol. The summed E-state index contributed by atoms with van der Waals surface area (Å²) in [6, 6.07) is 0.430. The van der Waals surface area contributed by atoms with Gasteiger partial charge < -0.3 is 10.6 Å². The van der Waals surface area contributed by atoms with Gasteiger partial charge in [-0.15, -0.1) is 0 Å². The van der Waals surface area contributed by atoms with Crippen molar-refractivity contribution in [1.82, 2.24) is 13.9 Å². The standard InChI is InChI=1S/C13H28N4O2S/c1-11-9-12(6-8-16(11)2)15-20(18,19)17-7-4-3-5-13(17)10-14/h11-13,15H,3-10,14H2,1-2H3. The Labute approximate surface area is 122 Å². The van der Waals surface area contributed by atoms with E-state index in [4.69, 9.17) is 5.73 Å². The van der Waals surface area contributed by atoms with Crippen molar-refractivity contribution in [3.05, 3.63) is 0 Å². The Bertz CT molecular complexity index is 415. The zero-order chi connectivity index (χ0) is 14.8. The Hall–Kier alpha value is -0.210. The average Bonchev–Trinajstić information content (AvgIpc) is 2.42. The van der Waals surface area contributed by atoms with E-state index >= 15 is 0 Å². The fourth-order valence-electron chi connectivity index (χ4n) is 3.20.